The molecule has 1 aromatic heterocycles. The summed E-state index contributed by atoms with van der Waals surface area (Å²) in [5.41, 5.74) is 4.71. The second-order valence-electron chi connectivity index (χ2n) is 7.50. The standard InChI is InChI=1S/C23H30N4O2/c1-16-5-10-20-18(14-25-21(20)13-16)11-12-24-23(28)26-15-22(27(2)3)17-6-8-19(29-4)9-7-17/h5-10,13-14,22,25H,11-12,15H2,1-4H3,(H2,24,26,28). The van der Waals surface area contributed by atoms with Crippen LogP contribution in [-0.4, -0.2) is 50.2 Å². The number of hydrogen-bond acceptors (Lipinski definition) is 3. The Hall–Kier alpha value is -2.99. The maximum absolute atomic E-state index is 12.3. The van der Waals surface area contributed by atoms with E-state index in [1.807, 2.05) is 44.6 Å². The monoisotopic (exact) mass is 394 g/mol. The molecule has 154 valence electrons. The minimum Gasteiger partial charge on any atom is -0.497 e. The van der Waals surface area contributed by atoms with E-state index in [0.29, 0.717) is 13.1 Å². The van der Waals surface area contributed by atoms with Crippen LogP contribution in [0, 0.1) is 6.92 Å². The molecule has 3 N–H and O–H groups in total. The van der Waals surface area contributed by atoms with E-state index in [4.69, 9.17) is 4.74 Å². The molecule has 0 aliphatic carbocycles. The van der Waals surface area contributed by atoms with Crippen LogP contribution in [0.4, 0.5) is 4.79 Å². The van der Waals surface area contributed by atoms with Crippen LogP contribution in [0.2, 0.25) is 0 Å². The number of nitrogens with one attached hydrogen (secondary N) is 3. The highest BCUT2D eigenvalue weighted by Crippen LogP contribution is 2.21. The number of aryl methyl sites for hydroxylation is 1. The van der Waals surface area contributed by atoms with Crippen LogP contribution >= 0.6 is 0 Å². The van der Waals surface area contributed by atoms with Gasteiger partial charge < -0.3 is 25.3 Å². The van der Waals surface area contributed by atoms with Crippen molar-refractivity contribution >= 4 is 16.9 Å². The molecule has 1 atom stereocenters. The Morgan fingerprint density at radius 3 is 2.59 bits per heavy atom. The number of hydrogen-bond donors (Lipinski definition) is 3. The highest BCUT2D eigenvalue weighted by Gasteiger charge is 2.15. The largest absolute Gasteiger partial charge is 0.497 e. The predicted octanol–water partition coefficient (Wildman–Crippen LogP) is 3.63. The first kappa shape index (κ1) is 20.7. The molecule has 0 saturated heterocycles. The molecule has 6 nitrogen and oxygen atoms in total. The molecule has 3 aromatic rings. The Bertz CT molecular complexity index is 947. The van der Waals surface area contributed by atoms with Crippen molar-refractivity contribution in [2.75, 3.05) is 34.3 Å². The van der Waals surface area contributed by atoms with E-state index in [2.05, 4.69) is 45.6 Å². The summed E-state index contributed by atoms with van der Waals surface area (Å²) in [6.45, 7) is 3.19. The third-order valence-electron chi connectivity index (χ3n) is 5.18. The number of nitrogens with zero attached hydrogens (tertiary/aromatic N) is 1. The first-order valence-corrected chi connectivity index (χ1v) is 9.86. The van der Waals surface area contributed by atoms with Crippen LogP contribution in [0.3, 0.4) is 0 Å². The maximum Gasteiger partial charge on any atom is 0.314 e. The van der Waals surface area contributed by atoms with Gasteiger partial charge in [0.15, 0.2) is 0 Å². The number of ether oxygens (including phenoxy) is 1. The fourth-order valence-corrected chi connectivity index (χ4v) is 3.49. The molecule has 0 radical (unpaired) electrons. The van der Waals surface area contributed by atoms with Crippen LogP contribution in [0.15, 0.2) is 48.7 Å². The summed E-state index contributed by atoms with van der Waals surface area (Å²) in [5.74, 6) is 0.824. The summed E-state index contributed by atoms with van der Waals surface area (Å²) in [5, 5.41) is 7.16. The van der Waals surface area contributed by atoms with Crippen molar-refractivity contribution in [3.05, 3.63) is 65.4 Å². The molecule has 0 aliphatic rings. The van der Waals surface area contributed by atoms with Crippen molar-refractivity contribution in [3.8, 4) is 5.75 Å². The smallest absolute Gasteiger partial charge is 0.314 e. The number of rotatable bonds is 8. The fourth-order valence-electron chi connectivity index (χ4n) is 3.49. The highest BCUT2D eigenvalue weighted by atomic mass is 16.5. The summed E-state index contributed by atoms with van der Waals surface area (Å²) in [4.78, 5) is 17.7. The van der Waals surface area contributed by atoms with Crippen molar-refractivity contribution < 1.29 is 9.53 Å². The van der Waals surface area contributed by atoms with Crippen molar-refractivity contribution in [3.63, 3.8) is 0 Å². The lowest BCUT2D eigenvalue weighted by Gasteiger charge is -2.25. The van der Waals surface area contributed by atoms with Gasteiger partial charge >= 0.3 is 6.03 Å². The number of benzene rings is 2. The average Bonchev–Trinajstić information content (AvgIpc) is 3.10. The maximum atomic E-state index is 12.3. The zero-order valence-corrected chi connectivity index (χ0v) is 17.6. The molecule has 2 aromatic carbocycles. The van der Waals surface area contributed by atoms with Crippen LogP contribution < -0.4 is 15.4 Å². The van der Waals surface area contributed by atoms with Gasteiger partial charge in [0.1, 0.15) is 5.75 Å². The molecule has 1 heterocycles. The van der Waals surface area contributed by atoms with Gasteiger partial charge in [0.25, 0.3) is 0 Å². The van der Waals surface area contributed by atoms with Crippen LogP contribution in [0.25, 0.3) is 10.9 Å². The molecule has 0 saturated carbocycles. The van der Waals surface area contributed by atoms with Gasteiger partial charge in [-0.1, -0.05) is 24.3 Å². The summed E-state index contributed by atoms with van der Waals surface area (Å²) >= 11 is 0. The topological polar surface area (TPSA) is 69.4 Å². The number of amides is 2. The molecule has 2 amide bonds. The summed E-state index contributed by atoms with van der Waals surface area (Å²) < 4.78 is 5.22. The molecular weight excluding hydrogens is 364 g/mol. The lowest BCUT2D eigenvalue weighted by Crippen LogP contribution is -2.41. The highest BCUT2D eigenvalue weighted by molar-refractivity contribution is 5.83. The van der Waals surface area contributed by atoms with Gasteiger partial charge in [-0.05, 0) is 62.3 Å². The number of methoxy groups -OCH3 is 1. The minimum atomic E-state index is -0.152. The number of aromatic amines is 1. The Kier molecular flexibility index (Phi) is 6.77. The summed E-state index contributed by atoms with van der Waals surface area (Å²) in [7, 11) is 5.67. The second kappa shape index (κ2) is 9.47. The van der Waals surface area contributed by atoms with Gasteiger partial charge in [-0.3, -0.25) is 0 Å². The fraction of sp³-hybridized carbons (Fsp3) is 0.348. The Labute approximate surface area is 172 Å². The van der Waals surface area contributed by atoms with Gasteiger partial charge in [0.05, 0.1) is 13.2 Å². The van der Waals surface area contributed by atoms with Crippen molar-refractivity contribution in [2.45, 2.75) is 19.4 Å². The SMILES string of the molecule is COc1ccc(C(CNC(=O)NCCc2c[nH]c3cc(C)ccc23)N(C)C)cc1. The molecule has 1 unspecified atom stereocenters. The van der Waals surface area contributed by atoms with Gasteiger partial charge in [-0.25, -0.2) is 4.79 Å². The third kappa shape index (κ3) is 5.29. The van der Waals surface area contributed by atoms with E-state index in [0.717, 1.165) is 23.3 Å². The number of likely N-dealkylation sites (N-methyl/N-ethyl adjacent to an activating group) is 1. The Balaban J connectivity index is 1.50. The number of carbonyl (C=O) groups is 1. The first-order valence-electron chi connectivity index (χ1n) is 9.86. The normalized spacial score (nSPS) is 12.2. The zero-order valence-electron chi connectivity index (χ0n) is 17.6. The number of urea groups is 1. The van der Waals surface area contributed by atoms with Crippen LogP contribution in [0.5, 0.6) is 5.75 Å². The molecular formula is C23H30N4O2. The number of carbonyl (C=O) groups excluding carboxylic acids is 1. The quantitative estimate of drug-likeness (QED) is 0.546. The van der Waals surface area contributed by atoms with Crippen LogP contribution in [-0.2, 0) is 6.42 Å². The molecule has 6 heteroatoms. The third-order valence-corrected chi connectivity index (χ3v) is 5.18. The molecule has 0 aliphatic heterocycles. The van der Waals surface area contributed by atoms with E-state index in [1.54, 1.807) is 7.11 Å². The second-order valence-corrected chi connectivity index (χ2v) is 7.50. The van der Waals surface area contributed by atoms with Crippen molar-refractivity contribution in [2.24, 2.45) is 0 Å². The molecule has 0 spiro atoms. The molecule has 0 fully saturated rings. The molecule has 0 bridgehead atoms. The van der Waals surface area contributed by atoms with E-state index in [9.17, 15) is 4.79 Å². The van der Waals surface area contributed by atoms with Gasteiger partial charge in [0.2, 0.25) is 0 Å². The van der Waals surface area contributed by atoms with Gasteiger partial charge in [-0.2, -0.15) is 0 Å². The van der Waals surface area contributed by atoms with Gasteiger partial charge in [-0.15, -0.1) is 0 Å². The summed E-state index contributed by atoms with van der Waals surface area (Å²) in [6.07, 6.45) is 2.81. The summed E-state index contributed by atoms with van der Waals surface area (Å²) in [6, 6.07) is 14.3. The van der Waals surface area contributed by atoms with E-state index < -0.39 is 0 Å². The van der Waals surface area contributed by atoms with Crippen molar-refractivity contribution in [1.29, 1.82) is 0 Å². The van der Waals surface area contributed by atoms with Gasteiger partial charge in [0, 0.05) is 30.2 Å². The number of fused-ring (bicyclic) bond motifs is 1. The minimum absolute atomic E-state index is 0.0866. The van der Waals surface area contributed by atoms with Crippen molar-refractivity contribution in [1.82, 2.24) is 20.5 Å². The van der Waals surface area contributed by atoms with Crippen LogP contribution in [0.1, 0.15) is 22.7 Å². The lowest BCUT2D eigenvalue weighted by atomic mass is 10.1. The molecule has 29 heavy (non-hydrogen) atoms. The number of H-pyrrole nitrogens is 1. The van der Waals surface area contributed by atoms with E-state index in [-0.39, 0.29) is 12.1 Å². The predicted molar refractivity (Wildman–Crippen MR) is 118 cm³/mol. The Morgan fingerprint density at radius 2 is 1.90 bits per heavy atom. The first-order chi connectivity index (χ1) is 14.0. The zero-order chi connectivity index (χ0) is 20.8. The Morgan fingerprint density at radius 1 is 1.14 bits per heavy atom. The average molecular weight is 395 g/mol. The number of aromatic nitrogens is 1. The van der Waals surface area contributed by atoms with E-state index in [1.165, 1.54) is 16.5 Å². The lowest BCUT2D eigenvalue weighted by molar-refractivity contribution is 0.233. The molecule has 3 rings (SSSR count). The van der Waals surface area contributed by atoms with E-state index >= 15 is 0 Å².